The first-order valence-electron chi connectivity index (χ1n) is 12.0. The summed E-state index contributed by atoms with van der Waals surface area (Å²) < 4.78 is 28.3. The lowest BCUT2D eigenvalue weighted by Crippen LogP contribution is -2.46. The number of hydrogen-bond acceptors (Lipinski definition) is 9. The van der Waals surface area contributed by atoms with Crippen LogP contribution in [0.1, 0.15) is 50.0 Å². The number of hydrogen-bond donors (Lipinski definition) is 2. The highest BCUT2D eigenvalue weighted by molar-refractivity contribution is 5.97. The van der Waals surface area contributed by atoms with Crippen molar-refractivity contribution in [3.63, 3.8) is 0 Å². The Balaban J connectivity index is 1.77. The molecule has 36 heavy (non-hydrogen) atoms. The molecule has 2 heterocycles. The molecule has 1 amide bonds. The molecule has 10 heteroatoms. The Bertz CT molecular complexity index is 1010. The van der Waals surface area contributed by atoms with Crippen LogP contribution in [0, 0.1) is 0 Å². The molecule has 0 bridgehead atoms. The number of amides is 1. The van der Waals surface area contributed by atoms with E-state index < -0.39 is 35.9 Å². The Labute approximate surface area is 210 Å². The van der Waals surface area contributed by atoms with Gasteiger partial charge in [0, 0.05) is 18.9 Å². The normalized spacial score (nSPS) is 22.4. The maximum absolute atomic E-state index is 13.0. The summed E-state index contributed by atoms with van der Waals surface area (Å²) >= 11 is 0. The Morgan fingerprint density at radius 1 is 1.14 bits per heavy atom. The van der Waals surface area contributed by atoms with Crippen molar-refractivity contribution in [3.8, 4) is 23.0 Å². The molecule has 4 unspecified atom stereocenters. The summed E-state index contributed by atoms with van der Waals surface area (Å²) in [6, 6.07) is 7.65. The molecule has 1 aromatic heterocycles. The monoisotopic (exact) mass is 502 g/mol. The van der Waals surface area contributed by atoms with Crippen molar-refractivity contribution in [3.05, 3.63) is 42.2 Å². The molecule has 0 spiro atoms. The van der Waals surface area contributed by atoms with Gasteiger partial charge in [0.15, 0.2) is 23.3 Å². The highest BCUT2D eigenvalue weighted by Crippen LogP contribution is 2.28. The summed E-state index contributed by atoms with van der Waals surface area (Å²) in [4.78, 5) is 29.8. The molecule has 0 radical (unpaired) electrons. The van der Waals surface area contributed by atoms with Gasteiger partial charge in [0.2, 0.25) is 0 Å². The van der Waals surface area contributed by atoms with E-state index in [2.05, 4.69) is 10.3 Å². The highest BCUT2D eigenvalue weighted by Gasteiger charge is 2.36. The van der Waals surface area contributed by atoms with Gasteiger partial charge in [0.25, 0.3) is 5.91 Å². The largest absolute Gasteiger partial charge is 0.503 e. The van der Waals surface area contributed by atoms with Gasteiger partial charge >= 0.3 is 5.97 Å². The average molecular weight is 503 g/mol. The molecule has 1 aliphatic heterocycles. The topological polar surface area (TPSA) is 125 Å². The van der Waals surface area contributed by atoms with Crippen LogP contribution in [0.3, 0.4) is 0 Å². The molecule has 2 N–H and O–H groups in total. The van der Waals surface area contributed by atoms with E-state index in [1.54, 1.807) is 38.3 Å². The van der Waals surface area contributed by atoms with Crippen molar-refractivity contribution in [2.45, 2.75) is 63.9 Å². The Morgan fingerprint density at radius 2 is 1.86 bits per heavy atom. The first-order valence-corrected chi connectivity index (χ1v) is 12.0. The number of nitrogens with zero attached hydrogens (tertiary/aromatic N) is 1. The maximum atomic E-state index is 13.0. The average Bonchev–Trinajstić information content (AvgIpc) is 2.93. The van der Waals surface area contributed by atoms with E-state index in [0.29, 0.717) is 37.4 Å². The second-order valence-corrected chi connectivity index (χ2v) is 8.48. The van der Waals surface area contributed by atoms with Crippen molar-refractivity contribution >= 4 is 11.9 Å². The highest BCUT2D eigenvalue weighted by atomic mass is 16.6. The quantitative estimate of drug-likeness (QED) is 0.497. The number of esters is 1. The molecular formula is C26H34N2O8. The van der Waals surface area contributed by atoms with Crippen LogP contribution in [-0.4, -0.2) is 67.1 Å². The number of benzene rings is 1. The van der Waals surface area contributed by atoms with Crippen molar-refractivity contribution in [1.29, 1.82) is 0 Å². The molecule has 1 aliphatic rings. The van der Waals surface area contributed by atoms with Crippen LogP contribution in [-0.2, 0) is 14.3 Å². The smallest absolute Gasteiger partial charge is 0.329 e. The van der Waals surface area contributed by atoms with Gasteiger partial charge in [-0.05, 0) is 56.9 Å². The van der Waals surface area contributed by atoms with Gasteiger partial charge in [-0.2, -0.15) is 0 Å². The maximum Gasteiger partial charge on any atom is 0.329 e. The number of methoxy groups -OCH3 is 2. The van der Waals surface area contributed by atoms with Gasteiger partial charge in [0.1, 0.15) is 23.6 Å². The van der Waals surface area contributed by atoms with Crippen LogP contribution in [0.25, 0.3) is 0 Å². The molecule has 10 nitrogen and oxygen atoms in total. The van der Waals surface area contributed by atoms with Gasteiger partial charge in [-0.15, -0.1) is 0 Å². The fraction of sp³-hybridized carbons (Fsp3) is 0.500. The summed E-state index contributed by atoms with van der Waals surface area (Å²) in [6.45, 7) is 4.30. The van der Waals surface area contributed by atoms with Crippen molar-refractivity contribution < 1.29 is 38.4 Å². The third-order valence-corrected chi connectivity index (χ3v) is 5.89. The lowest BCUT2D eigenvalue weighted by molar-refractivity contribution is -0.159. The first kappa shape index (κ1) is 27.1. The minimum Gasteiger partial charge on any atom is -0.503 e. The van der Waals surface area contributed by atoms with E-state index in [9.17, 15) is 14.7 Å². The Morgan fingerprint density at radius 3 is 2.53 bits per heavy atom. The zero-order valence-corrected chi connectivity index (χ0v) is 21.1. The molecule has 2 aromatic rings. The van der Waals surface area contributed by atoms with Crippen LogP contribution in [0.4, 0.5) is 0 Å². The van der Waals surface area contributed by atoms with Crippen molar-refractivity contribution in [2.75, 3.05) is 20.8 Å². The SMILES string of the molecule is CCCOC1CCCC(NC(=O)c2nccc(OC)c2O)C(=O)OC(C)C1Oc1ccc(OC)cc1. The van der Waals surface area contributed by atoms with Crippen molar-refractivity contribution in [1.82, 2.24) is 10.3 Å². The molecule has 196 valence electrons. The fourth-order valence-electron chi connectivity index (χ4n) is 4.00. The molecule has 1 aromatic carbocycles. The third kappa shape index (κ3) is 6.78. The van der Waals surface area contributed by atoms with E-state index in [0.717, 1.165) is 6.42 Å². The Kier molecular flexibility index (Phi) is 9.75. The zero-order valence-electron chi connectivity index (χ0n) is 21.1. The standard InChI is InChI=1S/C26H34N2O8/c1-5-15-34-21-8-6-7-19(28-25(30)22-23(29)20(33-4)13-14-27-22)26(31)35-16(2)24(21)36-18-11-9-17(32-3)10-12-18/h9-14,16,19,21,24,29H,5-8,15H2,1-4H3,(H,28,30). The number of carbonyl (C=O) groups excluding carboxylic acids is 2. The minimum absolute atomic E-state index is 0.107. The van der Waals surface area contributed by atoms with Crippen LogP contribution >= 0.6 is 0 Å². The summed E-state index contributed by atoms with van der Waals surface area (Å²) in [5.41, 5.74) is -0.236. The van der Waals surface area contributed by atoms with Crippen molar-refractivity contribution in [2.24, 2.45) is 0 Å². The second kappa shape index (κ2) is 13.0. The lowest BCUT2D eigenvalue weighted by atomic mass is 10.0. The summed E-state index contributed by atoms with van der Waals surface area (Å²) in [5.74, 6) is -0.302. The van der Waals surface area contributed by atoms with E-state index in [4.69, 9.17) is 23.7 Å². The van der Waals surface area contributed by atoms with Gasteiger partial charge in [-0.1, -0.05) is 6.92 Å². The second-order valence-electron chi connectivity index (χ2n) is 8.48. The van der Waals surface area contributed by atoms with Gasteiger partial charge in [0.05, 0.1) is 20.3 Å². The number of ether oxygens (including phenoxy) is 5. The minimum atomic E-state index is -0.932. The Hall–Kier alpha value is -3.53. The van der Waals surface area contributed by atoms with Crippen LogP contribution in [0.15, 0.2) is 36.5 Å². The predicted octanol–water partition coefficient (Wildman–Crippen LogP) is 3.26. The molecule has 0 aliphatic carbocycles. The van der Waals surface area contributed by atoms with Crippen LogP contribution < -0.4 is 19.5 Å². The fourth-order valence-corrected chi connectivity index (χ4v) is 4.00. The molecule has 4 atom stereocenters. The predicted molar refractivity (Wildman–Crippen MR) is 131 cm³/mol. The van der Waals surface area contributed by atoms with E-state index in [1.165, 1.54) is 19.4 Å². The molecule has 1 saturated heterocycles. The number of aromatic hydroxyl groups is 1. The zero-order chi connectivity index (χ0) is 26.1. The lowest BCUT2D eigenvalue weighted by Gasteiger charge is -2.31. The number of cyclic esters (lactones) is 1. The van der Waals surface area contributed by atoms with E-state index >= 15 is 0 Å². The van der Waals surface area contributed by atoms with E-state index in [1.807, 2.05) is 6.92 Å². The molecule has 1 fully saturated rings. The van der Waals surface area contributed by atoms with Crippen LogP contribution in [0.2, 0.25) is 0 Å². The summed E-state index contributed by atoms with van der Waals surface area (Å²) in [7, 11) is 2.96. The van der Waals surface area contributed by atoms with Gasteiger partial charge < -0.3 is 34.1 Å². The number of nitrogens with one attached hydrogen (secondary N) is 1. The van der Waals surface area contributed by atoms with Gasteiger partial charge in [-0.3, -0.25) is 4.79 Å². The van der Waals surface area contributed by atoms with E-state index in [-0.39, 0.29) is 17.5 Å². The summed E-state index contributed by atoms with van der Waals surface area (Å²) in [5, 5.41) is 12.9. The first-order chi connectivity index (χ1) is 17.4. The molecule has 0 saturated carbocycles. The number of pyridine rings is 1. The molecular weight excluding hydrogens is 468 g/mol. The molecule has 3 rings (SSSR count). The number of aromatic nitrogens is 1. The third-order valence-electron chi connectivity index (χ3n) is 5.89. The van der Waals surface area contributed by atoms with Gasteiger partial charge in [-0.25, -0.2) is 9.78 Å². The summed E-state index contributed by atoms with van der Waals surface area (Å²) in [6.07, 6.45) is 2.10. The number of carbonyl (C=O) groups is 2. The van der Waals surface area contributed by atoms with Crippen LogP contribution in [0.5, 0.6) is 23.0 Å². The number of rotatable bonds is 9.